The number of fused-ring (bicyclic) bond motifs is 2. The van der Waals surface area contributed by atoms with E-state index in [1.807, 2.05) is 53.2 Å². The fourth-order valence-corrected chi connectivity index (χ4v) is 6.71. The number of nitrogen functional groups attached to an aromatic ring is 1. The van der Waals surface area contributed by atoms with E-state index in [0.29, 0.717) is 74.8 Å². The number of hydrogen-bond acceptors (Lipinski definition) is 13. The van der Waals surface area contributed by atoms with Crippen molar-refractivity contribution in [1.29, 1.82) is 0 Å². The summed E-state index contributed by atoms with van der Waals surface area (Å²) < 4.78 is 18.9. The van der Waals surface area contributed by atoms with Gasteiger partial charge in [-0.2, -0.15) is 5.10 Å². The molecule has 16 nitrogen and oxygen atoms in total. The number of carbonyl (C=O) groups excluding carboxylic acids is 4. The van der Waals surface area contributed by atoms with E-state index in [4.69, 9.17) is 36.6 Å². The van der Waals surface area contributed by atoms with Gasteiger partial charge in [-0.05, 0) is 61.4 Å². The summed E-state index contributed by atoms with van der Waals surface area (Å²) in [5.74, 6) is -1.07. The summed E-state index contributed by atoms with van der Waals surface area (Å²) in [7, 11) is 0. The van der Waals surface area contributed by atoms with Gasteiger partial charge in [0, 0.05) is 48.0 Å². The first-order chi connectivity index (χ1) is 27.3. The molecule has 0 bridgehead atoms. The maximum Gasteiger partial charge on any atom is 0.264 e. The first kappa shape index (κ1) is 38.2. The zero-order chi connectivity index (χ0) is 39.0. The van der Waals surface area contributed by atoms with Crippen molar-refractivity contribution in [2.75, 3.05) is 62.5 Å². The number of carbonyl (C=O) groups is 4. The number of halogens is 1. The van der Waals surface area contributed by atoms with Crippen molar-refractivity contribution in [2.45, 2.75) is 31.8 Å². The van der Waals surface area contributed by atoms with E-state index in [1.165, 1.54) is 6.33 Å². The van der Waals surface area contributed by atoms with E-state index < -0.39 is 29.7 Å². The second kappa shape index (κ2) is 17.6. The van der Waals surface area contributed by atoms with Gasteiger partial charge in [0.15, 0.2) is 5.65 Å². The normalized spacial score (nSPS) is 15.3. The number of piperidine rings is 1. The first-order valence-electron chi connectivity index (χ1n) is 18.2. The van der Waals surface area contributed by atoms with Gasteiger partial charge in [0.2, 0.25) is 11.8 Å². The lowest BCUT2D eigenvalue weighted by atomic mass is 10.0. The van der Waals surface area contributed by atoms with Crippen LogP contribution < -0.4 is 26.4 Å². The molecule has 0 spiro atoms. The number of anilines is 3. The van der Waals surface area contributed by atoms with Crippen molar-refractivity contribution in [1.82, 2.24) is 30.0 Å². The zero-order valence-corrected chi connectivity index (χ0v) is 31.1. The molecule has 2 aliphatic rings. The molecule has 1 atom stereocenters. The van der Waals surface area contributed by atoms with Crippen molar-refractivity contribution in [3.8, 4) is 17.0 Å². The van der Waals surface area contributed by atoms with Crippen molar-refractivity contribution in [2.24, 2.45) is 0 Å². The van der Waals surface area contributed by atoms with Crippen LogP contribution in [0.5, 0.6) is 5.75 Å². The van der Waals surface area contributed by atoms with E-state index in [9.17, 15) is 19.2 Å². The summed E-state index contributed by atoms with van der Waals surface area (Å²) in [5, 5.41) is 14.9. The molecule has 5 aromatic rings. The third kappa shape index (κ3) is 8.57. The number of nitrogens with one attached hydrogen (secondary N) is 3. The quantitative estimate of drug-likeness (QED) is 0.0730. The lowest BCUT2D eigenvalue weighted by Gasteiger charge is -2.27. The molecule has 4 amide bonds. The molecule has 2 aromatic heterocycles. The average molecular weight is 782 g/mol. The summed E-state index contributed by atoms with van der Waals surface area (Å²) in [6.07, 6.45) is 2.40. The Balaban J connectivity index is 0.764. The predicted molar refractivity (Wildman–Crippen MR) is 208 cm³/mol. The van der Waals surface area contributed by atoms with Crippen LogP contribution in [0.15, 0.2) is 73.1 Å². The number of nitrogens with two attached hydrogens (primary N) is 1. The molecule has 1 fully saturated rings. The summed E-state index contributed by atoms with van der Waals surface area (Å²) >= 11 is 6.08. The second-order valence-corrected chi connectivity index (χ2v) is 13.5. The summed E-state index contributed by atoms with van der Waals surface area (Å²) in [6, 6.07) is 19.1. The van der Waals surface area contributed by atoms with Crippen molar-refractivity contribution < 1.29 is 33.4 Å². The molecule has 290 valence electrons. The molecule has 0 radical (unpaired) electrons. The Morgan fingerprint density at radius 1 is 0.857 bits per heavy atom. The van der Waals surface area contributed by atoms with Gasteiger partial charge in [0.05, 0.1) is 42.9 Å². The number of amides is 4. The number of benzene rings is 3. The Morgan fingerprint density at radius 3 is 2.41 bits per heavy atom. The van der Waals surface area contributed by atoms with Gasteiger partial charge in [0.1, 0.15) is 36.2 Å². The molecule has 1 saturated heterocycles. The minimum absolute atomic E-state index is 0.0626. The van der Waals surface area contributed by atoms with Crippen LogP contribution in [0, 0.1) is 0 Å². The van der Waals surface area contributed by atoms with Crippen LogP contribution >= 0.6 is 11.6 Å². The number of aryl methyl sites for hydroxylation is 1. The molecule has 3 aromatic carbocycles. The van der Waals surface area contributed by atoms with Gasteiger partial charge in [0.25, 0.3) is 11.8 Å². The minimum Gasteiger partial charge on any atom is -0.491 e. The fraction of sp³-hybridized carbons (Fsp3) is 0.308. The monoisotopic (exact) mass is 781 g/mol. The topological polar surface area (TPSA) is 205 Å². The molecule has 17 heteroatoms. The Bertz CT molecular complexity index is 2230. The SMILES string of the molecule is Nc1ncnc2c1c(-c1ccc(Cl)cc1)nn2CCCNc1ccc(OCCOCCOCCNc2cccc3c2C(=O)N(C2CCC(=O)NC2=O)C3=O)cc1. The maximum absolute atomic E-state index is 13.2. The van der Waals surface area contributed by atoms with E-state index in [-0.39, 0.29) is 24.0 Å². The van der Waals surface area contributed by atoms with Gasteiger partial charge in [-0.15, -0.1) is 0 Å². The van der Waals surface area contributed by atoms with Gasteiger partial charge in [-0.25, -0.2) is 14.6 Å². The Hall–Kier alpha value is -6.10. The lowest BCUT2D eigenvalue weighted by molar-refractivity contribution is -0.136. The van der Waals surface area contributed by atoms with Crippen LogP contribution in [0.3, 0.4) is 0 Å². The van der Waals surface area contributed by atoms with Gasteiger partial charge >= 0.3 is 0 Å². The number of rotatable bonds is 18. The van der Waals surface area contributed by atoms with Crippen molar-refractivity contribution in [3.63, 3.8) is 0 Å². The lowest BCUT2D eigenvalue weighted by Crippen LogP contribution is -2.54. The van der Waals surface area contributed by atoms with E-state index in [0.717, 1.165) is 39.4 Å². The summed E-state index contributed by atoms with van der Waals surface area (Å²) in [6.45, 7) is 3.54. The number of hydrogen-bond donors (Lipinski definition) is 4. The van der Waals surface area contributed by atoms with E-state index in [2.05, 4.69) is 25.9 Å². The Morgan fingerprint density at radius 2 is 1.62 bits per heavy atom. The Labute approximate surface area is 326 Å². The molecule has 56 heavy (non-hydrogen) atoms. The van der Waals surface area contributed by atoms with Gasteiger partial charge < -0.3 is 30.6 Å². The third-order valence-corrected chi connectivity index (χ3v) is 9.56. The smallest absolute Gasteiger partial charge is 0.264 e. The number of ether oxygens (including phenoxy) is 3. The van der Waals surface area contributed by atoms with Crippen molar-refractivity contribution >= 4 is 63.5 Å². The largest absolute Gasteiger partial charge is 0.491 e. The summed E-state index contributed by atoms with van der Waals surface area (Å²) in [5.41, 5.74) is 10.4. The number of aromatic nitrogens is 4. The van der Waals surface area contributed by atoms with Crippen LogP contribution in [0.4, 0.5) is 17.2 Å². The summed E-state index contributed by atoms with van der Waals surface area (Å²) in [4.78, 5) is 59.7. The zero-order valence-electron chi connectivity index (χ0n) is 30.3. The van der Waals surface area contributed by atoms with Crippen LogP contribution in [0.1, 0.15) is 40.0 Å². The maximum atomic E-state index is 13.2. The standard InChI is InChI=1S/C39H40ClN9O7/c40-25-7-5-24(6-8-25)34-33-35(41)44-23-45-36(33)48(47-34)17-2-15-42-26-9-11-27(12-10-26)56-22-21-55-20-19-54-18-16-43-29-4-1-3-28-32(29)39(53)49(38(28)52)30-13-14-31(50)46-37(30)51/h1,3-12,23,30,42-43H,2,13-22H2,(H2,41,44,45)(H,46,50,51). The van der Waals surface area contributed by atoms with E-state index >= 15 is 0 Å². The van der Waals surface area contributed by atoms with Gasteiger partial charge in [-0.3, -0.25) is 29.4 Å². The van der Waals surface area contributed by atoms with E-state index in [1.54, 1.807) is 18.2 Å². The molecule has 1 unspecified atom stereocenters. The van der Waals surface area contributed by atoms with Crippen LogP contribution in [-0.4, -0.2) is 100 Å². The molecule has 2 aliphatic heterocycles. The highest BCUT2D eigenvalue weighted by molar-refractivity contribution is 6.30. The van der Waals surface area contributed by atoms with Crippen LogP contribution in [0.25, 0.3) is 22.3 Å². The minimum atomic E-state index is -1.02. The number of imide groups is 2. The third-order valence-electron chi connectivity index (χ3n) is 9.30. The fourth-order valence-electron chi connectivity index (χ4n) is 6.59. The predicted octanol–water partition coefficient (Wildman–Crippen LogP) is 4.16. The molecule has 7 rings (SSSR count). The highest BCUT2D eigenvalue weighted by Crippen LogP contribution is 2.33. The molecule has 4 heterocycles. The highest BCUT2D eigenvalue weighted by atomic mass is 35.5. The van der Waals surface area contributed by atoms with Gasteiger partial charge in [-0.1, -0.05) is 29.8 Å². The number of nitrogens with zero attached hydrogens (tertiary/aromatic N) is 5. The molecular weight excluding hydrogens is 742 g/mol. The van der Waals surface area contributed by atoms with Crippen molar-refractivity contribution in [3.05, 3.63) is 89.2 Å². The first-order valence-corrected chi connectivity index (χ1v) is 18.6. The molecule has 0 saturated carbocycles. The molecule has 5 N–H and O–H groups in total. The van der Waals surface area contributed by atoms with Crippen LogP contribution in [0.2, 0.25) is 5.02 Å². The highest BCUT2D eigenvalue weighted by Gasteiger charge is 2.45. The molecular formula is C39H40ClN9O7. The van der Waals surface area contributed by atoms with Crippen LogP contribution in [-0.2, 0) is 25.6 Å². The second-order valence-electron chi connectivity index (χ2n) is 13.0. The average Bonchev–Trinajstić information content (AvgIpc) is 3.70. The Kier molecular flexibility index (Phi) is 12.0. The molecule has 0 aliphatic carbocycles.